The van der Waals surface area contributed by atoms with E-state index in [0.717, 1.165) is 51.1 Å². The molecule has 3 aliphatic carbocycles. The van der Waals surface area contributed by atoms with Crippen LogP contribution < -0.4 is 0 Å². The van der Waals surface area contributed by atoms with E-state index in [9.17, 15) is 0 Å². The summed E-state index contributed by atoms with van der Waals surface area (Å²) >= 11 is 0. The summed E-state index contributed by atoms with van der Waals surface area (Å²) in [6.45, 7) is 14.4. The van der Waals surface area contributed by atoms with E-state index in [0.29, 0.717) is 5.41 Å². The minimum atomic E-state index is 0.561. The molecule has 3 rings (SSSR count). The zero-order valence-corrected chi connectivity index (χ0v) is 13.2. The van der Waals surface area contributed by atoms with E-state index in [1.54, 1.807) is 5.57 Å². The summed E-state index contributed by atoms with van der Waals surface area (Å²) < 4.78 is 5.82. The lowest BCUT2D eigenvalue weighted by atomic mass is 9.48. The first-order valence-corrected chi connectivity index (χ1v) is 8.08. The molecule has 0 amide bonds. The van der Waals surface area contributed by atoms with Gasteiger partial charge in [-0.15, -0.1) is 0 Å². The smallest absolute Gasteiger partial charge is 0.0593 e. The predicted octanol–water partition coefficient (Wildman–Crippen LogP) is 3.73. The highest BCUT2D eigenvalue weighted by molar-refractivity contribution is 5.23. The molecule has 0 aliphatic heterocycles. The SMILES string of the molecule is CCN(CC)CCOCCC1=CC[C@H]2C[C@@H]1C2(C)C. The molecule has 1 fully saturated rings. The maximum atomic E-state index is 5.82. The summed E-state index contributed by atoms with van der Waals surface area (Å²) in [5, 5.41) is 0. The largest absolute Gasteiger partial charge is 0.380 e. The number of hydrogen-bond acceptors (Lipinski definition) is 2. The van der Waals surface area contributed by atoms with E-state index in [1.807, 2.05) is 0 Å². The summed E-state index contributed by atoms with van der Waals surface area (Å²) in [5.41, 5.74) is 2.24. The summed E-state index contributed by atoms with van der Waals surface area (Å²) in [6.07, 6.45) is 6.38. The first-order valence-electron chi connectivity index (χ1n) is 8.08. The number of rotatable bonds is 8. The van der Waals surface area contributed by atoms with Crippen molar-refractivity contribution in [2.24, 2.45) is 17.3 Å². The molecule has 0 aromatic carbocycles. The van der Waals surface area contributed by atoms with Crippen molar-refractivity contribution in [3.8, 4) is 0 Å². The molecule has 0 aromatic heterocycles. The highest BCUT2D eigenvalue weighted by atomic mass is 16.5. The van der Waals surface area contributed by atoms with Crippen LogP contribution in [-0.2, 0) is 4.74 Å². The third-order valence-electron chi connectivity index (χ3n) is 5.56. The molecule has 0 unspecified atom stereocenters. The van der Waals surface area contributed by atoms with Gasteiger partial charge in [-0.2, -0.15) is 0 Å². The topological polar surface area (TPSA) is 12.5 Å². The third kappa shape index (κ3) is 3.22. The average molecular weight is 265 g/mol. The summed E-state index contributed by atoms with van der Waals surface area (Å²) in [5.74, 6) is 1.79. The van der Waals surface area contributed by atoms with Crippen LogP contribution in [0.4, 0.5) is 0 Å². The van der Waals surface area contributed by atoms with Gasteiger partial charge in [0.25, 0.3) is 0 Å². The van der Waals surface area contributed by atoms with Crippen molar-refractivity contribution >= 4 is 0 Å². The molecule has 1 saturated carbocycles. The summed E-state index contributed by atoms with van der Waals surface area (Å²) in [7, 11) is 0. The van der Waals surface area contributed by atoms with Gasteiger partial charge < -0.3 is 9.64 Å². The summed E-state index contributed by atoms with van der Waals surface area (Å²) in [4.78, 5) is 2.42. The van der Waals surface area contributed by atoms with E-state index in [-0.39, 0.29) is 0 Å². The number of hydrogen-bond donors (Lipinski definition) is 0. The van der Waals surface area contributed by atoms with Crippen molar-refractivity contribution < 1.29 is 4.74 Å². The second-order valence-electron chi connectivity index (χ2n) is 6.71. The Balaban J connectivity index is 1.63. The zero-order valence-electron chi connectivity index (χ0n) is 13.2. The number of likely N-dealkylation sites (N-methyl/N-ethyl adjacent to an activating group) is 1. The number of allylic oxidation sites excluding steroid dienone is 1. The van der Waals surface area contributed by atoms with Crippen LogP contribution in [0.5, 0.6) is 0 Å². The fourth-order valence-corrected chi connectivity index (χ4v) is 3.78. The number of ether oxygens (including phenoxy) is 1. The van der Waals surface area contributed by atoms with E-state index in [1.165, 1.54) is 12.8 Å². The van der Waals surface area contributed by atoms with Crippen molar-refractivity contribution in [3.63, 3.8) is 0 Å². The van der Waals surface area contributed by atoms with Gasteiger partial charge in [-0.3, -0.25) is 0 Å². The van der Waals surface area contributed by atoms with Gasteiger partial charge in [-0.1, -0.05) is 39.3 Å². The van der Waals surface area contributed by atoms with Gasteiger partial charge in [-0.25, -0.2) is 0 Å². The Labute approximate surface area is 119 Å². The molecule has 0 aromatic rings. The van der Waals surface area contributed by atoms with E-state index < -0.39 is 0 Å². The quantitative estimate of drug-likeness (QED) is 0.490. The van der Waals surface area contributed by atoms with Crippen LogP contribution in [0.1, 0.15) is 47.0 Å². The lowest BCUT2D eigenvalue weighted by Crippen LogP contribution is -2.48. The van der Waals surface area contributed by atoms with E-state index in [2.05, 4.69) is 38.7 Å². The van der Waals surface area contributed by atoms with Gasteiger partial charge in [-0.05, 0) is 49.6 Å². The minimum absolute atomic E-state index is 0.561. The van der Waals surface area contributed by atoms with Crippen LogP contribution in [0.15, 0.2) is 11.6 Å². The molecule has 0 heterocycles. The van der Waals surface area contributed by atoms with Crippen molar-refractivity contribution in [2.75, 3.05) is 32.8 Å². The maximum Gasteiger partial charge on any atom is 0.0593 e. The van der Waals surface area contributed by atoms with Crippen molar-refractivity contribution in [3.05, 3.63) is 11.6 Å². The molecule has 19 heavy (non-hydrogen) atoms. The highest BCUT2D eigenvalue weighted by Crippen LogP contribution is 2.59. The molecule has 2 bridgehead atoms. The normalized spacial score (nSPS) is 28.2. The molecular formula is C17H31NO. The maximum absolute atomic E-state index is 5.82. The van der Waals surface area contributed by atoms with Crippen molar-refractivity contribution in [2.45, 2.75) is 47.0 Å². The van der Waals surface area contributed by atoms with Gasteiger partial charge in [0.15, 0.2) is 0 Å². The molecule has 0 N–H and O–H groups in total. The molecule has 0 spiro atoms. The summed E-state index contributed by atoms with van der Waals surface area (Å²) in [6, 6.07) is 0. The van der Waals surface area contributed by atoms with Crippen LogP contribution in [0.2, 0.25) is 0 Å². The molecule has 3 aliphatic rings. The van der Waals surface area contributed by atoms with Crippen molar-refractivity contribution in [1.82, 2.24) is 4.90 Å². The molecule has 0 saturated heterocycles. The Hall–Kier alpha value is -0.340. The number of fused-ring (bicyclic) bond motifs is 1. The number of nitrogens with zero attached hydrogens (tertiary/aromatic N) is 1. The van der Waals surface area contributed by atoms with Crippen LogP contribution in [0.25, 0.3) is 0 Å². The van der Waals surface area contributed by atoms with Crippen molar-refractivity contribution in [1.29, 1.82) is 0 Å². The van der Waals surface area contributed by atoms with Crippen LogP contribution in [0, 0.1) is 17.3 Å². The van der Waals surface area contributed by atoms with Gasteiger partial charge in [0, 0.05) is 6.54 Å². The lowest BCUT2D eigenvalue weighted by molar-refractivity contribution is -0.0111. The second-order valence-corrected chi connectivity index (χ2v) is 6.71. The predicted molar refractivity (Wildman–Crippen MR) is 81.3 cm³/mol. The zero-order chi connectivity index (χ0) is 13.9. The Morgan fingerprint density at radius 2 is 2.00 bits per heavy atom. The molecular weight excluding hydrogens is 234 g/mol. The van der Waals surface area contributed by atoms with Crippen LogP contribution in [-0.4, -0.2) is 37.7 Å². The molecule has 2 heteroatoms. The monoisotopic (exact) mass is 265 g/mol. The Bertz CT molecular complexity index is 317. The molecule has 0 radical (unpaired) electrons. The highest BCUT2D eigenvalue weighted by Gasteiger charge is 2.50. The first kappa shape index (κ1) is 15.1. The van der Waals surface area contributed by atoms with Crippen LogP contribution >= 0.6 is 0 Å². The minimum Gasteiger partial charge on any atom is -0.380 e. The van der Waals surface area contributed by atoms with Gasteiger partial charge in [0.05, 0.1) is 13.2 Å². The Kier molecular flexibility index (Phi) is 5.08. The molecule has 110 valence electrons. The fourth-order valence-electron chi connectivity index (χ4n) is 3.78. The fraction of sp³-hybridized carbons (Fsp3) is 0.882. The first-order chi connectivity index (χ1) is 9.09. The van der Waals surface area contributed by atoms with Gasteiger partial charge >= 0.3 is 0 Å². The average Bonchev–Trinajstić information content (AvgIpc) is 2.43. The van der Waals surface area contributed by atoms with Gasteiger partial charge in [0.1, 0.15) is 0 Å². The standard InChI is InChI=1S/C17H31NO/c1-5-18(6-2)10-12-19-11-9-14-7-8-15-13-16(14)17(15,3)4/h7,15-16H,5-6,8-13H2,1-4H3/t15-,16-/m0/s1. The van der Waals surface area contributed by atoms with Gasteiger partial charge in [0.2, 0.25) is 0 Å². The lowest BCUT2D eigenvalue weighted by Gasteiger charge is -2.56. The molecule has 2 atom stereocenters. The molecule has 2 nitrogen and oxygen atoms in total. The van der Waals surface area contributed by atoms with Crippen LogP contribution in [0.3, 0.4) is 0 Å². The van der Waals surface area contributed by atoms with E-state index in [4.69, 9.17) is 4.74 Å². The Morgan fingerprint density at radius 1 is 1.26 bits per heavy atom. The third-order valence-corrected chi connectivity index (χ3v) is 5.56. The Morgan fingerprint density at radius 3 is 2.58 bits per heavy atom. The second kappa shape index (κ2) is 6.41. The van der Waals surface area contributed by atoms with E-state index >= 15 is 0 Å².